The van der Waals surface area contributed by atoms with Crippen LogP contribution in [0.4, 0.5) is 0 Å². The Morgan fingerprint density at radius 2 is 1.71 bits per heavy atom. The van der Waals surface area contributed by atoms with Gasteiger partial charge in [-0.15, -0.1) is 0 Å². The number of carbonyl (C=O) groups is 1. The number of halogens is 1. The van der Waals surface area contributed by atoms with Crippen LogP contribution in [0.5, 0.6) is 5.75 Å². The Balaban J connectivity index is 1.60. The van der Waals surface area contributed by atoms with E-state index >= 15 is 0 Å². The Morgan fingerprint density at radius 1 is 1.03 bits per heavy atom. The number of hydrogen-bond donors (Lipinski definition) is 2. The zero-order chi connectivity index (χ0) is 24.3. The third kappa shape index (κ3) is 5.40. The van der Waals surface area contributed by atoms with Gasteiger partial charge in [-0.05, 0) is 69.5 Å². The zero-order valence-corrected chi connectivity index (χ0v) is 21.6. The van der Waals surface area contributed by atoms with Crippen LogP contribution in [-0.4, -0.2) is 23.8 Å². The number of ether oxygens (including phenoxy) is 1. The van der Waals surface area contributed by atoms with Gasteiger partial charge in [0.15, 0.2) is 0 Å². The highest BCUT2D eigenvalue weighted by atomic mass is 79.9. The summed E-state index contributed by atoms with van der Waals surface area (Å²) in [5, 5.41) is 8.07. The summed E-state index contributed by atoms with van der Waals surface area (Å²) in [6.45, 7) is 8.39. The Bertz CT molecular complexity index is 1200. The SMILES string of the molecule is Cc1ccc(OC/C(=N/NC(=O)[C@]2(C)NC(C)(C)Cc3ccccc32)c2ccc(Br)cc2)cc1. The smallest absolute Gasteiger partial charge is 0.264 e. The number of carbonyl (C=O) groups excluding carboxylic acids is 1. The van der Waals surface area contributed by atoms with Crippen molar-refractivity contribution < 1.29 is 9.53 Å². The molecular weight excluding hydrogens is 490 g/mol. The normalized spacial score (nSPS) is 19.3. The Labute approximate surface area is 209 Å². The third-order valence-electron chi connectivity index (χ3n) is 6.10. The van der Waals surface area contributed by atoms with Crippen LogP contribution in [0.2, 0.25) is 0 Å². The second-order valence-corrected chi connectivity index (χ2v) is 10.5. The van der Waals surface area contributed by atoms with Gasteiger partial charge in [0.1, 0.15) is 23.6 Å². The van der Waals surface area contributed by atoms with E-state index in [1.165, 1.54) is 5.56 Å². The molecule has 0 aromatic heterocycles. The lowest BCUT2D eigenvalue weighted by Gasteiger charge is -2.44. The zero-order valence-electron chi connectivity index (χ0n) is 20.0. The predicted molar refractivity (Wildman–Crippen MR) is 140 cm³/mol. The van der Waals surface area contributed by atoms with Crippen molar-refractivity contribution in [3.8, 4) is 5.75 Å². The Kier molecular flexibility index (Phi) is 6.91. The number of nitrogens with zero attached hydrogens (tertiary/aromatic N) is 1. The summed E-state index contributed by atoms with van der Waals surface area (Å²) in [6.07, 6.45) is 0.851. The van der Waals surface area contributed by atoms with E-state index in [-0.39, 0.29) is 18.1 Å². The van der Waals surface area contributed by atoms with Crippen LogP contribution in [0.25, 0.3) is 0 Å². The molecule has 1 heterocycles. The molecular formula is C28H30BrN3O2. The van der Waals surface area contributed by atoms with Crippen molar-refractivity contribution in [1.82, 2.24) is 10.7 Å². The molecule has 3 aromatic carbocycles. The number of fused-ring (bicyclic) bond motifs is 1. The molecule has 1 aliphatic heterocycles. The van der Waals surface area contributed by atoms with E-state index in [4.69, 9.17) is 4.74 Å². The quantitative estimate of drug-likeness (QED) is 0.334. The Morgan fingerprint density at radius 3 is 2.41 bits per heavy atom. The van der Waals surface area contributed by atoms with E-state index in [1.807, 2.05) is 80.6 Å². The van der Waals surface area contributed by atoms with E-state index in [0.29, 0.717) is 5.71 Å². The first kappa shape index (κ1) is 24.2. The van der Waals surface area contributed by atoms with Crippen LogP contribution in [-0.2, 0) is 16.8 Å². The van der Waals surface area contributed by atoms with Gasteiger partial charge in [-0.1, -0.05) is 70.0 Å². The van der Waals surface area contributed by atoms with Crippen LogP contribution in [0.1, 0.15) is 43.0 Å². The highest BCUT2D eigenvalue weighted by Gasteiger charge is 2.44. The highest BCUT2D eigenvalue weighted by Crippen LogP contribution is 2.34. The lowest BCUT2D eigenvalue weighted by molar-refractivity contribution is -0.128. The molecule has 3 aromatic rings. The molecule has 1 aliphatic rings. The second-order valence-electron chi connectivity index (χ2n) is 9.58. The van der Waals surface area contributed by atoms with Crippen LogP contribution < -0.4 is 15.5 Å². The van der Waals surface area contributed by atoms with Gasteiger partial charge in [0.2, 0.25) is 0 Å². The molecule has 6 heteroatoms. The molecule has 0 fully saturated rings. The van der Waals surface area contributed by atoms with E-state index < -0.39 is 5.54 Å². The molecule has 1 atom stereocenters. The summed E-state index contributed by atoms with van der Waals surface area (Å²) in [5.74, 6) is 0.538. The molecule has 0 aliphatic carbocycles. The summed E-state index contributed by atoms with van der Waals surface area (Å²) < 4.78 is 6.96. The standard InChI is InChI=1S/C28H30BrN3O2/c1-19-9-15-23(16-10-19)34-18-25(20-11-13-22(29)14-12-20)30-31-26(33)28(4)24-8-6-5-7-21(24)17-27(2,3)32-28/h5-16,32H,17-18H2,1-4H3,(H,31,33)/b30-25-/t28-/m1/s1. The van der Waals surface area contributed by atoms with Crippen molar-refractivity contribution in [2.45, 2.75) is 45.2 Å². The van der Waals surface area contributed by atoms with Gasteiger partial charge in [-0.3, -0.25) is 10.1 Å². The van der Waals surface area contributed by atoms with Crippen molar-refractivity contribution in [1.29, 1.82) is 0 Å². The first-order chi connectivity index (χ1) is 16.2. The van der Waals surface area contributed by atoms with Crippen molar-refractivity contribution in [3.63, 3.8) is 0 Å². The molecule has 4 rings (SSSR count). The topological polar surface area (TPSA) is 62.7 Å². The number of aryl methyl sites for hydroxylation is 1. The third-order valence-corrected chi connectivity index (χ3v) is 6.63. The summed E-state index contributed by atoms with van der Waals surface area (Å²) in [6, 6.07) is 23.7. The van der Waals surface area contributed by atoms with Crippen LogP contribution >= 0.6 is 15.9 Å². The molecule has 0 saturated heterocycles. The molecule has 34 heavy (non-hydrogen) atoms. The average molecular weight is 520 g/mol. The average Bonchev–Trinajstić information content (AvgIpc) is 2.80. The molecule has 2 N–H and O–H groups in total. The molecule has 0 bridgehead atoms. The molecule has 0 radical (unpaired) electrons. The first-order valence-corrected chi connectivity index (χ1v) is 12.2. The van der Waals surface area contributed by atoms with Crippen molar-refractivity contribution in [2.24, 2.45) is 5.10 Å². The summed E-state index contributed by atoms with van der Waals surface area (Å²) in [5.41, 5.74) is 6.50. The van der Waals surface area contributed by atoms with E-state index in [9.17, 15) is 4.79 Å². The fourth-order valence-electron chi connectivity index (χ4n) is 4.44. The minimum absolute atomic E-state index is 0.210. The predicted octanol–water partition coefficient (Wildman–Crippen LogP) is 5.50. The van der Waals surface area contributed by atoms with Gasteiger partial charge in [0, 0.05) is 15.6 Å². The van der Waals surface area contributed by atoms with E-state index in [2.05, 4.69) is 51.7 Å². The monoisotopic (exact) mass is 519 g/mol. The first-order valence-electron chi connectivity index (χ1n) is 11.4. The fraction of sp³-hybridized carbons (Fsp3) is 0.286. The van der Waals surface area contributed by atoms with Crippen LogP contribution in [0.3, 0.4) is 0 Å². The molecule has 1 amide bonds. The molecule has 0 unspecified atom stereocenters. The fourth-order valence-corrected chi connectivity index (χ4v) is 4.71. The van der Waals surface area contributed by atoms with E-state index in [0.717, 1.165) is 33.3 Å². The minimum Gasteiger partial charge on any atom is -0.487 e. The van der Waals surface area contributed by atoms with Gasteiger partial charge in [0.25, 0.3) is 5.91 Å². The number of amides is 1. The molecule has 5 nitrogen and oxygen atoms in total. The van der Waals surface area contributed by atoms with Crippen molar-refractivity contribution in [3.05, 3.63) is 99.5 Å². The van der Waals surface area contributed by atoms with Gasteiger partial charge in [-0.2, -0.15) is 5.10 Å². The molecule has 0 spiro atoms. The van der Waals surface area contributed by atoms with Crippen LogP contribution in [0, 0.1) is 6.92 Å². The largest absolute Gasteiger partial charge is 0.487 e. The lowest BCUT2D eigenvalue weighted by atomic mass is 9.76. The Hall–Kier alpha value is -2.96. The minimum atomic E-state index is -0.912. The van der Waals surface area contributed by atoms with Crippen molar-refractivity contribution in [2.75, 3.05) is 6.61 Å². The van der Waals surface area contributed by atoms with Gasteiger partial charge >= 0.3 is 0 Å². The summed E-state index contributed by atoms with van der Waals surface area (Å²) >= 11 is 3.48. The van der Waals surface area contributed by atoms with Gasteiger partial charge in [-0.25, -0.2) is 5.43 Å². The maximum absolute atomic E-state index is 13.5. The van der Waals surface area contributed by atoms with E-state index in [1.54, 1.807) is 0 Å². The number of hydrogen-bond acceptors (Lipinski definition) is 4. The number of benzene rings is 3. The van der Waals surface area contributed by atoms with Crippen molar-refractivity contribution >= 4 is 27.5 Å². The number of hydrazone groups is 1. The lowest BCUT2D eigenvalue weighted by Crippen LogP contribution is -2.62. The number of rotatable bonds is 6. The van der Waals surface area contributed by atoms with Gasteiger partial charge < -0.3 is 4.74 Å². The summed E-state index contributed by atoms with van der Waals surface area (Å²) in [4.78, 5) is 13.5. The molecule has 176 valence electrons. The maximum atomic E-state index is 13.5. The van der Waals surface area contributed by atoms with Crippen LogP contribution in [0.15, 0.2) is 82.4 Å². The summed E-state index contributed by atoms with van der Waals surface area (Å²) in [7, 11) is 0. The number of nitrogens with one attached hydrogen (secondary N) is 2. The maximum Gasteiger partial charge on any atom is 0.264 e. The highest BCUT2D eigenvalue weighted by molar-refractivity contribution is 9.10. The molecule has 0 saturated carbocycles. The second kappa shape index (κ2) is 9.72. The van der Waals surface area contributed by atoms with Gasteiger partial charge in [0.05, 0.1) is 0 Å².